The van der Waals surface area contributed by atoms with Crippen LogP contribution in [0.4, 0.5) is 0 Å². The second-order valence-corrected chi connectivity index (χ2v) is 11.6. The Morgan fingerprint density at radius 3 is 2.48 bits per heavy atom. The maximum Gasteiger partial charge on any atom is 0.142 e. The molecule has 2 unspecified atom stereocenters. The van der Waals surface area contributed by atoms with Crippen LogP contribution in [0.2, 0.25) is 0 Å². The molecule has 5 aliphatic rings. The smallest absolute Gasteiger partial charge is 0.142 e. The molecule has 1 aliphatic heterocycles. The highest BCUT2D eigenvalue weighted by atomic mass is 16.3. The topological polar surface area (TPSA) is 66.4 Å². The molecule has 162 valence electrons. The molecule has 29 heavy (non-hydrogen) atoms. The van der Waals surface area contributed by atoms with E-state index in [2.05, 4.69) is 19.2 Å². The van der Waals surface area contributed by atoms with Crippen LogP contribution in [-0.4, -0.2) is 35.9 Å². The summed E-state index contributed by atoms with van der Waals surface area (Å²) in [5, 5.41) is 13.8. The SMILES string of the molecule is C[C@]12CC[C@H](CCC3CCN3)CC1[C@@H](CO)C(=O)[C@@H]1[C@@H]2CC[C@]2(C)C(=O)CC[C@@H]12. The summed E-state index contributed by atoms with van der Waals surface area (Å²) in [6.07, 6.45) is 11.0. The molecule has 0 aromatic carbocycles. The summed E-state index contributed by atoms with van der Waals surface area (Å²) in [4.78, 5) is 26.4. The maximum atomic E-state index is 13.7. The van der Waals surface area contributed by atoms with E-state index in [4.69, 9.17) is 0 Å². The standard InChI is InChI=1S/C25H39NO3/c1-24-10-7-15(3-4-16-9-12-26-16)13-20(24)17(14-27)23(29)22-18-5-6-21(28)25(18,2)11-8-19(22)24/h15-20,22,26-27H,3-14H2,1-2H3/t15-,16?,17+,18-,19-,20?,22-,24+,25-/m0/s1. The fraction of sp³-hybridized carbons (Fsp3) is 0.920. The molecule has 4 nitrogen and oxygen atoms in total. The number of rotatable bonds is 4. The van der Waals surface area contributed by atoms with E-state index in [1.807, 2.05) is 0 Å². The maximum absolute atomic E-state index is 13.7. The van der Waals surface area contributed by atoms with Crippen molar-refractivity contribution in [3.8, 4) is 0 Å². The van der Waals surface area contributed by atoms with E-state index in [0.29, 0.717) is 41.8 Å². The number of Topliss-reactive ketones (excluding diaryl/α,β-unsaturated/α-hetero) is 2. The van der Waals surface area contributed by atoms with Crippen LogP contribution in [0, 0.1) is 46.3 Å². The Hall–Kier alpha value is -0.740. The van der Waals surface area contributed by atoms with E-state index in [9.17, 15) is 14.7 Å². The number of carbonyl (C=O) groups is 2. The normalized spacial score (nSPS) is 51.8. The van der Waals surface area contributed by atoms with Crippen LogP contribution in [0.5, 0.6) is 0 Å². The third-order valence-electron chi connectivity index (χ3n) is 10.6. The second kappa shape index (κ2) is 7.15. The summed E-state index contributed by atoms with van der Waals surface area (Å²) >= 11 is 0. The molecule has 0 aromatic rings. The molecule has 0 radical (unpaired) electrons. The lowest BCUT2D eigenvalue weighted by Crippen LogP contribution is -2.61. The molecule has 9 atom stereocenters. The lowest BCUT2D eigenvalue weighted by Gasteiger charge is -2.61. The van der Waals surface area contributed by atoms with Gasteiger partial charge in [0.25, 0.3) is 0 Å². The molecule has 4 saturated carbocycles. The van der Waals surface area contributed by atoms with Gasteiger partial charge in [0.1, 0.15) is 11.6 Å². The number of nitrogens with one attached hydrogen (secondary N) is 1. The largest absolute Gasteiger partial charge is 0.396 e. The van der Waals surface area contributed by atoms with Crippen molar-refractivity contribution in [3.05, 3.63) is 0 Å². The lowest BCUT2D eigenvalue weighted by atomic mass is 9.42. The summed E-state index contributed by atoms with van der Waals surface area (Å²) in [6, 6.07) is 0.713. The van der Waals surface area contributed by atoms with Gasteiger partial charge in [-0.3, -0.25) is 9.59 Å². The van der Waals surface area contributed by atoms with E-state index >= 15 is 0 Å². The molecule has 0 aromatic heterocycles. The van der Waals surface area contributed by atoms with E-state index in [1.54, 1.807) is 0 Å². The van der Waals surface area contributed by atoms with Crippen molar-refractivity contribution >= 4 is 11.6 Å². The number of hydrogen-bond acceptors (Lipinski definition) is 4. The van der Waals surface area contributed by atoms with E-state index in [0.717, 1.165) is 25.7 Å². The summed E-state index contributed by atoms with van der Waals surface area (Å²) in [7, 11) is 0. The highest BCUT2D eigenvalue weighted by molar-refractivity contribution is 5.91. The van der Waals surface area contributed by atoms with Crippen LogP contribution in [0.3, 0.4) is 0 Å². The Morgan fingerprint density at radius 2 is 1.79 bits per heavy atom. The molecule has 0 spiro atoms. The number of aliphatic hydroxyl groups excluding tert-OH is 1. The zero-order valence-corrected chi connectivity index (χ0v) is 18.3. The van der Waals surface area contributed by atoms with E-state index in [1.165, 1.54) is 38.6 Å². The van der Waals surface area contributed by atoms with E-state index < -0.39 is 0 Å². The zero-order valence-electron chi connectivity index (χ0n) is 18.3. The molecule has 1 saturated heterocycles. The van der Waals surface area contributed by atoms with Crippen molar-refractivity contribution in [3.63, 3.8) is 0 Å². The number of aliphatic hydroxyl groups is 1. The summed E-state index contributed by atoms with van der Waals surface area (Å²) < 4.78 is 0. The molecule has 1 heterocycles. The zero-order chi connectivity index (χ0) is 20.4. The third-order valence-corrected chi connectivity index (χ3v) is 10.6. The van der Waals surface area contributed by atoms with Crippen molar-refractivity contribution in [2.75, 3.05) is 13.2 Å². The molecule has 5 rings (SSSR count). The first-order chi connectivity index (χ1) is 13.9. The minimum Gasteiger partial charge on any atom is -0.396 e. The van der Waals surface area contributed by atoms with Crippen LogP contribution in [-0.2, 0) is 9.59 Å². The Kier molecular flexibility index (Phi) is 4.98. The fourth-order valence-corrected chi connectivity index (χ4v) is 8.54. The van der Waals surface area contributed by atoms with Crippen molar-refractivity contribution in [1.82, 2.24) is 5.32 Å². The first-order valence-corrected chi connectivity index (χ1v) is 12.3. The average Bonchev–Trinajstić information content (AvgIpc) is 2.97. The molecule has 0 bridgehead atoms. The van der Waals surface area contributed by atoms with Gasteiger partial charge >= 0.3 is 0 Å². The predicted octanol–water partition coefficient (Wildman–Crippen LogP) is 3.75. The molecule has 2 N–H and O–H groups in total. The van der Waals surface area contributed by atoms with Gasteiger partial charge in [0.15, 0.2) is 0 Å². The van der Waals surface area contributed by atoms with Gasteiger partial charge in [-0.1, -0.05) is 13.8 Å². The number of fused-ring (bicyclic) bond motifs is 5. The minimum atomic E-state index is -0.285. The Balaban J connectivity index is 1.39. The monoisotopic (exact) mass is 401 g/mol. The first-order valence-electron chi connectivity index (χ1n) is 12.3. The van der Waals surface area contributed by atoms with Gasteiger partial charge in [-0.05, 0) is 93.4 Å². The van der Waals surface area contributed by atoms with Crippen molar-refractivity contribution in [2.24, 2.45) is 46.3 Å². The lowest BCUT2D eigenvalue weighted by molar-refractivity contribution is -0.172. The first kappa shape index (κ1) is 20.2. The Labute approximate surface area is 175 Å². The number of carbonyl (C=O) groups excluding carboxylic acids is 2. The molecule has 4 aliphatic carbocycles. The summed E-state index contributed by atoms with van der Waals surface area (Å²) in [5.41, 5.74) is -0.128. The van der Waals surface area contributed by atoms with Gasteiger partial charge in [-0.25, -0.2) is 0 Å². The molecular formula is C25H39NO3. The quantitative estimate of drug-likeness (QED) is 0.753. The van der Waals surface area contributed by atoms with Gasteiger partial charge < -0.3 is 10.4 Å². The van der Waals surface area contributed by atoms with E-state index in [-0.39, 0.29) is 35.2 Å². The Bertz CT molecular complexity index is 688. The van der Waals surface area contributed by atoms with Gasteiger partial charge in [0, 0.05) is 29.7 Å². The van der Waals surface area contributed by atoms with Crippen molar-refractivity contribution in [2.45, 2.75) is 84.1 Å². The van der Waals surface area contributed by atoms with Gasteiger partial charge in [-0.2, -0.15) is 0 Å². The third kappa shape index (κ3) is 2.91. The molecule has 4 heteroatoms. The molecule has 5 fully saturated rings. The van der Waals surface area contributed by atoms with Gasteiger partial charge in [0.2, 0.25) is 0 Å². The van der Waals surface area contributed by atoms with Crippen LogP contribution >= 0.6 is 0 Å². The summed E-state index contributed by atoms with van der Waals surface area (Å²) in [5.74, 6) is 2.17. The number of ketones is 2. The van der Waals surface area contributed by atoms with Crippen LogP contribution in [0.15, 0.2) is 0 Å². The Morgan fingerprint density at radius 1 is 1.00 bits per heavy atom. The van der Waals surface area contributed by atoms with Crippen LogP contribution < -0.4 is 5.32 Å². The molecular weight excluding hydrogens is 362 g/mol. The van der Waals surface area contributed by atoms with Crippen LogP contribution in [0.1, 0.15) is 78.1 Å². The van der Waals surface area contributed by atoms with Crippen molar-refractivity contribution < 1.29 is 14.7 Å². The summed E-state index contributed by atoms with van der Waals surface area (Å²) in [6.45, 7) is 5.73. The predicted molar refractivity (Wildman–Crippen MR) is 112 cm³/mol. The fourth-order valence-electron chi connectivity index (χ4n) is 8.54. The van der Waals surface area contributed by atoms with Gasteiger partial charge in [-0.15, -0.1) is 0 Å². The average molecular weight is 402 g/mol. The highest BCUT2D eigenvalue weighted by Gasteiger charge is 2.65. The number of hydrogen-bond donors (Lipinski definition) is 2. The second-order valence-electron chi connectivity index (χ2n) is 11.6. The minimum absolute atomic E-state index is 0.00338. The van der Waals surface area contributed by atoms with Crippen molar-refractivity contribution in [1.29, 1.82) is 0 Å². The molecule has 0 amide bonds. The van der Waals surface area contributed by atoms with Crippen LogP contribution in [0.25, 0.3) is 0 Å². The highest BCUT2D eigenvalue weighted by Crippen LogP contribution is 2.66. The van der Waals surface area contributed by atoms with Gasteiger partial charge in [0.05, 0.1) is 6.61 Å².